The van der Waals surface area contributed by atoms with Crippen molar-refractivity contribution in [3.8, 4) is 0 Å². The number of para-hydroxylation sites is 4. The van der Waals surface area contributed by atoms with Crippen LogP contribution in [-0.2, 0) is 6.42 Å². The van der Waals surface area contributed by atoms with E-state index in [0.717, 1.165) is 29.2 Å². The standard InChI is InChI=1S/C43H30BN3/c1-5-14-32(15-6-1)45(33-16-7-2-8-17-33)36-24-25-37-40(29-36)46(34-18-9-3-10-19-34)38-22-13-23-39-43(38)44(37)42-31-26-30(27-31)28-41(42)47(39)35-20-11-4-12-21-35/h1-26,28-29H,27H2. The van der Waals surface area contributed by atoms with E-state index in [0.29, 0.717) is 0 Å². The van der Waals surface area contributed by atoms with E-state index in [1.165, 1.54) is 56.0 Å². The van der Waals surface area contributed by atoms with Gasteiger partial charge in [-0.15, -0.1) is 0 Å². The van der Waals surface area contributed by atoms with Crippen molar-refractivity contribution in [1.82, 2.24) is 0 Å². The highest BCUT2D eigenvalue weighted by atomic mass is 15.2. The van der Waals surface area contributed by atoms with Gasteiger partial charge in [-0.3, -0.25) is 0 Å². The number of nitrogens with zero attached hydrogens (tertiary/aromatic N) is 3. The quantitative estimate of drug-likeness (QED) is 0.183. The van der Waals surface area contributed by atoms with Crippen LogP contribution in [0.1, 0.15) is 11.1 Å². The van der Waals surface area contributed by atoms with E-state index < -0.39 is 0 Å². The lowest BCUT2D eigenvalue weighted by Crippen LogP contribution is -2.62. The summed E-state index contributed by atoms with van der Waals surface area (Å²) in [4.78, 5) is 7.34. The summed E-state index contributed by atoms with van der Waals surface area (Å²) in [5.41, 5.74) is 17.8. The summed E-state index contributed by atoms with van der Waals surface area (Å²) in [5, 5.41) is 0. The topological polar surface area (TPSA) is 9.72 Å². The van der Waals surface area contributed by atoms with Crippen molar-refractivity contribution < 1.29 is 0 Å². The van der Waals surface area contributed by atoms with Gasteiger partial charge in [0.25, 0.3) is 6.71 Å². The van der Waals surface area contributed by atoms with E-state index >= 15 is 0 Å². The number of benzene rings is 7. The third-order valence-electron chi connectivity index (χ3n) is 9.94. The SMILES string of the molecule is c1ccc(N(c2ccccc2)c2ccc3c(c2)N(c2ccccc2)c2cccc4c2B3c2c3cc(cc2N4c2ccccc2)C3)cc1. The average molecular weight is 600 g/mol. The molecule has 2 heterocycles. The Balaban J connectivity index is 1.25. The summed E-state index contributed by atoms with van der Waals surface area (Å²) < 4.78 is 0. The largest absolute Gasteiger partial charge is 0.311 e. The second-order valence-electron chi connectivity index (χ2n) is 12.6. The first-order valence-electron chi connectivity index (χ1n) is 16.4. The first kappa shape index (κ1) is 26.2. The molecule has 0 N–H and O–H groups in total. The summed E-state index contributed by atoms with van der Waals surface area (Å²) >= 11 is 0. The van der Waals surface area contributed by atoms with Gasteiger partial charge in [0.15, 0.2) is 0 Å². The minimum absolute atomic E-state index is 0.131. The van der Waals surface area contributed by atoms with Crippen LogP contribution in [0.3, 0.4) is 0 Å². The summed E-state index contributed by atoms with van der Waals surface area (Å²) in [5.74, 6) is 0. The van der Waals surface area contributed by atoms with Crippen LogP contribution in [0, 0.1) is 0 Å². The van der Waals surface area contributed by atoms with Crippen LogP contribution in [0.2, 0.25) is 0 Å². The van der Waals surface area contributed by atoms with Gasteiger partial charge in [0.1, 0.15) is 0 Å². The Labute approximate surface area is 275 Å². The highest BCUT2D eigenvalue weighted by Crippen LogP contribution is 2.47. The Hall–Kier alpha value is -6.00. The van der Waals surface area contributed by atoms with Crippen LogP contribution in [0.25, 0.3) is 0 Å². The third kappa shape index (κ3) is 3.95. The van der Waals surface area contributed by atoms with Gasteiger partial charge in [0.2, 0.25) is 0 Å². The highest BCUT2D eigenvalue weighted by molar-refractivity contribution is 7.00. The molecule has 2 aliphatic heterocycles. The van der Waals surface area contributed by atoms with Crippen molar-refractivity contribution in [2.75, 3.05) is 14.7 Å². The van der Waals surface area contributed by atoms with Gasteiger partial charge >= 0.3 is 0 Å². The lowest BCUT2D eigenvalue weighted by atomic mass is 9.32. The second kappa shape index (κ2) is 10.3. The lowest BCUT2D eigenvalue weighted by Gasteiger charge is -2.46. The van der Waals surface area contributed by atoms with Crippen molar-refractivity contribution in [3.05, 3.63) is 181 Å². The van der Waals surface area contributed by atoms with Gasteiger partial charge in [0, 0.05) is 51.2 Å². The van der Waals surface area contributed by atoms with Crippen molar-refractivity contribution in [2.45, 2.75) is 6.42 Å². The molecule has 7 aromatic carbocycles. The summed E-state index contributed by atoms with van der Waals surface area (Å²) in [6.07, 6.45) is 1.04. The molecule has 0 unspecified atom stereocenters. The zero-order chi connectivity index (χ0) is 30.9. The van der Waals surface area contributed by atoms with E-state index in [9.17, 15) is 0 Å². The van der Waals surface area contributed by atoms with Gasteiger partial charge in [-0.2, -0.15) is 0 Å². The average Bonchev–Trinajstić information content (AvgIpc) is 3.12. The number of fused-ring (bicyclic) bond motifs is 2. The molecular weight excluding hydrogens is 569 g/mol. The molecule has 7 aromatic rings. The van der Waals surface area contributed by atoms with E-state index in [1.807, 2.05) is 0 Å². The van der Waals surface area contributed by atoms with Gasteiger partial charge in [-0.1, -0.05) is 91.0 Å². The molecule has 2 aliphatic carbocycles. The van der Waals surface area contributed by atoms with Crippen LogP contribution in [-0.4, -0.2) is 6.71 Å². The van der Waals surface area contributed by atoms with Crippen LogP contribution in [0.15, 0.2) is 170 Å². The molecule has 0 amide bonds. The molecular formula is C43H30BN3. The molecule has 47 heavy (non-hydrogen) atoms. The fourth-order valence-electron chi connectivity index (χ4n) is 7.98. The molecule has 0 fully saturated rings. The molecule has 0 aromatic heterocycles. The lowest BCUT2D eigenvalue weighted by molar-refractivity contribution is 1.09. The normalized spacial score (nSPS) is 13.3. The second-order valence-corrected chi connectivity index (χ2v) is 12.6. The Kier molecular flexibility index (Phi) is 5.73. The molecule has 0 saturated heterocycles. The number of hydrogen-bond donors (Lipinski definition) is 0. The van der Waals surface area contributed by atoms with Crippen molar-refractivity contribution in [3.63, 3.8) is 0 Å². The Bertz CT molecular complexity index is 2250. The molecule has 220 valence electrons. The van der Waals surface area contributed by atoms with Crippen molar-refractivity contribution in [2.24, 2.45) is 0 Å². The van der Waals surface area contributed by atoms with Gasteiger partial charge in [-0.05, 0) is 113 Å². The smallest absolute Gasteiger partial charge is 0.252 e. The molecule has 2 bridgehead atoms. The maximum Gasteiger partial charge on any atom is 0.252 e. The monoisotopic (exact) mass is 599 g/mol. The summed E-state index contributed by atoms with van der Waals surface area (Å²) in [7, 11) is 0. The predicted molar refractivity (Wildman–Crippen MR) is 198 cm³/mol. The molecule has 0 spiro atoms. The zero-order valence-electron chi connectivity index (χ0n) is 25.8. The van der Waals surface area contributed by atoms with Crippen LogP contribution < -0.4 is 31.1 Å². The predicted octanol–water partition coefficient (Wildman–Crippen LogP) is 9.14. The van der Waals surface area contributed by atoms with E-state index in [4.69, 9.17) is 0 Å². The van der Waals surface area contributed by atoms with Crippen molar-refractivity contribution >= 4 is 74.3 Å². The number of hydrogen-bond acceptors (Lipinski definition) is 3. The maximum absolute atomic E-state index is 2.49. The van der Waals surface area contributed by atoms with E-state index in [2.05, 4.69) is 185 Å². The molecule has 4 aliphatic rings. The first-order chi connectivity index (χ1) is 23.3. The minimum atomic E-state index is 0.131. The molecule has 0 atom stereocenters. The zero-order valence-corrected chi connectivity index (χ0v) is 25.8. The Morgan fingerprint density at radius 1 is 0.426 bits per heavy atom. The van der Waals surface area contributed by atoms with Crippen molar-refractivity contribution in [1.29, 1.82) is 0 Å². The van der Waals surface area contributed by atoms with Crippen LogP contribution in [0.4, 0.5) is 51.2 Å². The van der Waals surface area contributed by atoms with Gasteiger partial charge in [0.05, 0.1) is 0 Å². The van der Waals surface area contributed by atoms with Crippen LogP contribution >= 0.6 is 0 Å². The first-order valence-corrected chi connectivity index (χ1v) is 16.4. The Morgan fingerprint density at radius 2 is 0.957 bits per heavy atom. The van der Waals surface area contributed by atoms with Crippen LogP contribution in [0.5, 0.6) is 0 Å². The highest BCUT2D eigenvalue weighted by Gasteiger charge is 2.45. The molecule has 0 radical (unpaired) electrons. The fourth-order valence-corrected chi connectivity index (χ4v) is 7.98. The number of rotatable bonds is 5. The molecule has 11 rings (SSSR count). The molecule has 0 saturated carbocycles. The Morgan fingerprint density at radius 3 is 1.53 bits per heavy atom. The molecule has 3 nitrogen and oxygen atoms in total. The third-order valence-corrected chi connectivity index (χ3v) is 9.94. The van der Waals surface area contributed by atoms with E-state index in [-0.39, 0.29) is 6.71 Å². The summed E-state index contributed by atoms with van der Waals surface area (Å²) in [6.45, 7) is 0.131. The minimum Gasteiger partial charge on any atom is -0.311 e. The fraction of sp³-hybridized carbons (Fsp3) is 0.0233. The summed E-state index contributed by atoms with van der Waals surface area (Å²) in [6, 6.07) is 61.9. The van der Waals surface area contributed by atoms with Gasteiger partial charge in [-0.25, -0.2) is 0 Å². The van der Waals surface area contributed by atoms with Gasteiger partial charge < -0.3 is 14.7 Å². The maximum atomic E-state index is 2.49. The molecule has 4 heteroatoms. The number of anilines is 9. The van der Waals surface area contributed by atoms with E-state index in [1.54, 1.807) is 0 Å².